The third-order valence-electron chi connectivity index (χ3n) is 5.24. The van der Waals surface area contributed by atoms with Gasteiger partial charge in [0.2, 0.25) is 0 Å². The average molecular weight is 413 g/mol. The number of aliphatic hydroxyl groups is 3. The fraction of sp³-hybridized carbons (Fsp3) is 0.727. The van der Waals surface area contributed by atoms with Crippen molar-refractivity contribution in [3.05, 3.63) is 29.8 Å². The lowest BCUT2D eigenvalue weighted by atomic mass is 9.84. The highest BCUT2D eigenvalue weighted by Crippen LogP contribution is 2.29. The summed E-state index contributed by atoms with van der Waals surface area (Å²) in [6.07, 6.45) is -2.56. The maximum atomic E-state index is 10.6. The molecule has 7 heteroatoms. The van der Waals surface area contributed by atoms with Crippen LogP contribution < -0.4 is 4.74 Å². The van der Waals surface area contributed by atoms with Crippen molar-refractivity contribution >= 4 is 0 Å². The van der Waals surface area contributed by atoms with Crippen molar-refractivity contribution in [2.24, 2.45) is 0 Å². The molecule has 7 nitrogen and oxygen atoms in total. The number of hydrogen-bond acceptors (Lipinski definition) is 7. The first-order valence-corrected chi connectivity index (χ1v) is 10.5. The molecule has 1 saturated carbocycles. The van der Waals surface area contributed by atoms with Crippen molar-refractivity contribution in [2.75, 3.05) is 20.3 Å². The topological polar surface area (TPSA) is 97.6 Å². The van der Waals surface area contributed by atoms with Crippen LogP contribution >= 0.6 is 0 Å². The second-order valence-corrected chi connectivity index (χ2v) is 7.47. The van der Waals surface area contributed by atoms with Crippen LogP contribution in [0.5, 0.6) is 5.75 Å². The largest absolute Gasteiger partial charge is 0.497 e. The molecule has 1 aromatic carbocycles. The van der Waals surface area contributed by atoms with E-state index in [0.717, 1.165) is 37.0 Å². The standard InChI is InChI=1S/C22H36O7/c1-4-6-12-27-20-18(24)17(23)19(25)21(22(20)28-13-7-5-2)29-14-15-8-10-16(26-3)11-9-15/h8-11,17-25H,4-7,12-14H2,1-3H3/t17-,18-,19+,20+,21+,22-/m0/s1. The zero-order chi connectivity index (χ0) is 21.2. The fourth-order valence-electron chi connectivity index (χ4n) is 3.38. The van der Waals surface area contributed by atoms with Crippen LogP contribution in [0.3, 0.4) is 0 Å². The van der Waals surface area contributed by atoms with Crippen LogP contribution in [-0.4, -0.2) is 72.3 Å². The molecule has 166 valence electrons. The zero-order valence-corrected chi connectivity index (χ0v) is 17.7. The van der Waals surface area contributed by atoms with Gasteiger partial charge in [0.1, 0.15) is 42.4 Å². The third-order valence-corrected chi connectivity index (χ3v) is 5.24. The molecule has 1 fully saturated rings. The molecule has 0 radical (unpaired) electrons. The van der Waals surface area contributed by atoms with E-state index in [2.05, 4.69) is 13.8 Å². The predicted octanol–water partition coefficient (Wildman–Crippen LogP) is 2.05. The SMILES string of the molecule is CCCCO[C@@H]1[C@H](OCc2ccc(OC)cc2)[C@H](O)[C@@H](O)[C@H](O)[C@H]1OCCCC. The van der Waals surface area contributed by atoms with Gasteiger partial charge in [-0.15, -0.1) is 0 Å². The van der Waals surface area contributed by atoms with Gasteiger partial charge in [-0.1, -0.05) is 38.8 Å². The Labute approximate surface area is 173 Å². The van der Waals surface area contributed by atoms with E-state index in [4.69, 9.17) is 18.9 Å². The van der Waals surface area contributed by atoms with E-state index >= 15 is 0 Å². The zero-order valence-electron chi connectivity index (χ0n) is 17.7. The summed E-state index contributed by atoms with van der Waals surface area (Å²) in [6, 6.07) is 7.42. The van der Waals surface area contributed by atoms with Gasteiger partial charge < -0.3 is 34.3 Å². The number of methoxy groups -OCH3 is 1. The second kappa shape index (κ2) is 12.5. The van der Waals surface area contributed by atoms with Crippen LogP contribution in [0.15, 0.2) is 24.3 Å². The Bertz CT molecular complexity index is 565. The average Bonchev–Trinajstić information content (AvgIpc) is 2.74. The number of ether oxygens (including phenoxy) is 4. The third kappa shape index (κ3) is 6.64. The van der Waals surface area contributed by atoms with Gasteiger partial charge in [-0.3, -0.25) is 0 Å². The van der Waals surface area contributed by atoms with Crippen LogP contribution in [0, 0.1) is 0 Å². The van der Waals surface area contributed by atoms with Gasteiger partial charge in [0.25, 0.3) is 0 Å². The molecule has 0 amide bonds. The van der Waals surface area contributed by atoms with Crippen LogP contribution in [0.1, 0.15) is 45.1 Å². The van der Waals surface area contributed by atoms with Crippen molar-refractivity contribution in [2.45, 2.75) is 82.8 Å². The molecule has 0 bridgehead atoms. The number of aliphatic hydroxyl groups excluding tert-OH is 3. The minimum atomic E-state index is -1.37. The van der Waals surface area contributed by atoms with E-state index in [9.17, 15) is 15.3 Å². The number of benzene rings is 1. The molecule has 0 spiro atoms. The quantitative estimate of drug-likeness (QED) is 0.452. The van der Waals surface area contributed by atoms with Crippen LogP contribution in [0.25, 0.3) is 0 Å². The van der Waals surface area contributed by atoms with Gasteiger partial charge in [0.05, 0.1) is 13.7 Å². The molecule has 0 unspecified atom stereocenters. The van der Waals surface area contributed by atoms with Gasteiger partial charge in [-0.05, 0) is 30.5 Å². The molecule has 0 aliphatic heterocycles. The summed E-state index contributed by atoms with van der Waals surface area (Å²) >= 11 is 0. The Morgan fingerprint density at radius 3 is 1.76 bits per heavy atom. The van der Waals surface area contributed by atoms with Crippen molar-refractivity contribution < 1.29 is 34.3 Å². The van der Waals surface area contributed by atoms with E-state index in [-0.39, 0.29) is 6.61 Å². The minimum absolute atomic E-state index is 0.226. The first-order valence-electron chi connectivity index (χ1n) is 10.5. The molecule has 0 saturated heterocycles. The summed E-state index contributed by atoms with van der Waals surface area (Å²) in [5.74, 6) is 0.746. The lowest BCUT2D eigenvalue weighted by Gasteiger charge is -2.45. The van der Waals surface area contributed by atoms with Gasteiger partial charge >= 0.3 is 0 Å². The van der Waals surface area contributed by atoms with E-state index in [1.54, 1.807) is 7.11 Å². The molecule has 0 heterocycles. The Morgan fingerprint density at radius 1 is 0.724 bits per heavy atom. The first-order chi connectivity index (χ1) is 14.0. The van der Waals surface area contributed by atoms with Gasteiger partial charge in [0, 0.05) is 13.2 Å². The molecule has 3 N–H and O–H groups in total. The van der Waals surface area contributed by atoms with Crippen LogP contribution in [0.4, 0.5) is 0 Å². The fourth-order valence-corrected chi connectivity index (χ4v) is 3.38. The van der Waals surface area contributed by atoms with Gasteiger partial charge in [-0.25, -0.2) is 0 Å². The summed E-state index contributed by atoms with van der Waals surface area (Å²) in [6.45, 7) is 5.25. The molecular weight excluding hydrogens is 376 g/mol. The van der Waals surface area contributed by atoms with Gasteiger partial charge in [-0.2, -0.15) is 0 Å². The predicted molar refractivity (Wildman–Crippen MR) is 109 cm³/mol. The molecular formula is C22H36O7. The molecule has 2 rings (SSSR count). The molecule has 1 aromatic rings. The highest BCUT2D eigenvalue weighted by atomic mass is 16.6. The Hall–Kier alpha value is -1.22. The first kappa shape index (κ1) is 24.1. The van der Waals surface area contributed by atoms with Crippen molar-refractivity contribution in [3.63, 3.8) is 0 Å². The summed E-state index contributed by atoms with van der Waals surface area (Å²) in [5, 5.41) is 31.5. The highest BCUT2D eigenvalue weighted by molar-refractivity contribution is 5.26. The van der Waals surface area contributed by atoms with E-state index in [1.165, 1.54) is 0 Å². The van der Waals surface area contributed by atoms with Crippen molar-refractivity contribution in [1.29, 1.82) is 0 Å². The number of unbranched alkanes of at least 4 members (excludes halogenated alkanes) is 2. The normalized spacial score (nSPS) is 29.7. The molecule has 29 heavy (non-hydrogen) atoms. The minimum Gasteiger partial charge on any atom is -0.497 e. The summed E-state index contributed by atoms with van der Waals surface area (Å²) < 4.78 is 23.0. The van der Waals surface area contributed by atoms with Crippen molar-refractivity contribution in [3.8, 4) is 5.75 Å². The maximum absolute atomic E-state index is 10.6. The smallest absolute Gasteiger partial charge is 0.118 e. The summed E-state index contributed by atoms with van der Waals surface area (Å²) in [5.41, 5.74) is 0.898. The molecule has 6 atom stereocenters. The van der Waals surface area contributed by atoms with Gasteiger partial charge in [0.15, 0.2) is 0 Å². The van der Waals surface area contributed by atoms with E-state index < -0.39 is 36.6 Å². The van der Waals surface area contributed by atoms with E-state index in [1.807, 2.05) is 24.3 Å². The Balaban J connectivity index is 2.13. The summed E-state index contributed by atoms with van der Waals surface area (Å²) in [4.78, 5) is 0. The Morgan fingerprint density at radius 2 is 1.24 bits per heavy atom. The number of rotatable bonds is 12. The molecule has 0 aromatic heterocycles. The lowest BCUT2D eigenvalue weighted by molar-refractivity contribution is -0.259. The monoisotopic (exact) mass is 412 g/mol. The molecule has 1 aliphatic rings. The maximum Gasteiger partial charge on any atom is 0.118 e. The van der Waals surface area contributed by atoms with Crippen LogP contribution in [-0.2, 0) is 20.8 Å². The van der Waals surface area contributed by atoms with E-state index in [0.29, 0.717) is 13.2 Å². The lowest BCUT2D eigenvalue weighted by Crippen LogP contribution is -2.65. The van der Waals surface area contributed by atoms with Crippen LogP contribution in [0.2, 0.25) is 0 Å². The summed E-state index contributed by atoms with van der Waals surface area (Å²) in [7, 11) is 1.60. The van der Waals surface area contributed by atoms with Crippen molar-refractivity contribution in [1.82, 2.24) is 0 Å². The highest BCUT2D eigenvalue weighted by Gasteiger charge is 2.51. The second-order valence-electron chi connectivity index (χ2n) is 7.47. The Kier molecular flexibility index (Phi) is 10.3. The number of hydrogen-bond donors (Lipinski definition) is 3. The molecule has 1 aliphatic carbocycles.